The van der Waals surface area contributed by atoms with Crippen LogP contribution in [0.5, 0.6) is 5.75 Å². The Kier molecular flexibility index (Phi) is 4.58. The number of carbonyl (C=O) groups is 1. The Hall–Kier alpha value is -2.33. The zero-order valence-electron chi connectivity index (χ0n) is 14.2. The molecule has 0 aliphatic carbocycles. The molecule has 0 aromatic heterocycles. The van der Waals surface area contributed by atoms with Gasteiger partial charge in [0.1, 0.15) is 5.75 Å². The lowest BCUT2D eigenvalue weighted by atomic mass is 9.94. The highest BCUT2D eigenvalue weighted by Crippen LogP contribution is 2.28. The van der Waals surface area contributed by atoms with Crippen molar-refractivity contribution in [2.75, 3.05) is 11.4 Å². The van der Waals surface area contributed by atoms with Crippen LogP contribution in [0.1, 0.15) is 28.7 Å². The number of para-hydroxylation sites is 1. The molecule has 1 aliphatic heterocycles. The van der Waals surface area contributed by atoms with Crippen LogP contribution in [0.15, 0.2) is 36.4 Å². The predicted molar refractivity (Wildman–Crippen MR) is 96.4 cm³/mol. The van der Waals surface area contributed by atoms with Crippen molar-refractivity contribution < 1.29 is 9.90 Å². The summed E-state index contributed by atoms with van der Waals surface area (Å²) in [5.41, 5.74) is 11.4. The van der Waals surface area contributed by atoms with Gasteiger partial charge >= 0.3 is 0 Å². The van der Waals surface area contributed by atoms with Gasteiger partial charge in [0, 0.05) is 12.2 Å². The molecule has 2 aromatic rings. The number of benzene rings is 2. The molecule has 24 heavy (non-hydrogen) atoms. The van der Waals surface area contributed by atoms with Crippen molar-refractivity contribution in [2.24, 2.45) is 5.73 Å². The van der Waals surface area contributed by atoms with Crippen molar-refractivity contribution in [3.63, 3.8) is 0 Å². The van der Waals surface area contributed by atoms with Crippen LogP contribution in [0.4, 0.5) is 5.69 Å². The number of hydrogen-bond donors (Lipinski definition) is 2. The number of aryl methyl sites for hydroxylation is 3. The number of anilines is 1. The van der Waals surface area contributed by atoms with Crippen LogP contribution in [0, 0.1) is 13.8 Å². The van der Waals surface area contributed by atoms with E-state index in [-0.39, 0.29) is 11.7 Å². The largest absolute Gasteiger partial charge is 0.508 e. The fourth-order valence-corrected chi connectivity index (χ4v) is 3.56. The van der Waals surface area contributed by atoms with Crippen LogP contribution in [0.2, 0.25) is 0 Å². The van der Waals surface area contributed by atoms with Gasteiger partial charge in [-0.25, -0.2) is 0 Å². The molecule has 0 radical (unpaired) electrons. The maximum absolute atomic E-state index is 12.9. The van der Waals surface area contributed by atoms with E-state index in [1.807, 2.05) is 36.9 Å². The molecule has 4 nitrogen and oxygen atoms in total. The quantitative estimate of drug-likeness (QED) is 0.912. The number of carbonyl (C=O) groups excluding carboxylic acids is 1. The number of fused-ring (bicyclic) bond motifs is 1. The van der Waals surface area contributed by atoms with Gasteiger partial charge in [0.2, 0.25) is 5.91 Å². The maximum atomic E-state index is 12.9. The second-order valence-corrected chi connectivity index (χ2v) is 6.59. The smallest absolute Gasteiger partial charge is 0.244 e. The second-order valence-electron chi connectivity index (χ2n) is 6.59. The Morgan fingerprint density at radius 3 is 2.62 bits per heavy atom. The summed E-state index contributed by atoms with van der Waals surface area (Å²) < 4.78 is 0. The van der Waals surface area contributed by atoms with Crippen LogP contribution in [-0.4, -0.2) is 23.6 Å². The molecule has 0 unspecified atom stereocenters. The summed E-state index contributed by atoms with van der Waals surface area (Å²) in [6, 6.07) is 10.9. The summed E-state index contributed by atoms with van der Waals surface area (Å²) >= 11 is 0. The standard InChI is InChI=1S/C20H24N2O2/c1-13-10-16(23)11-14(2)17(13)12-18(21)20(24)22-9-5-7-15-6-3-4-8-19(15)22/h3-4,6,8,10-11,18,23H,5,7,9,12,21H2,1-2H3/t18-/m0/s1. The van der Waals surface area contributed by atoms with Crippen molar-refractivity contribution in [3.05, 3.63) is 58.7 Å². The third-order valence-electron chi connectivity index (χ3n) is 4.80. The first-order valence-corrected chi connectivity index (χ1v) is 8.41. The summed E-state index contributed by atoms with van der Waals surface area (Å²) in [4.78, 5) is 14.7. The van der Waals surface area contributed by atoms with Crippen molar-refractivity contribution in [1.29, 1.82) is 0 Å². The molecule has 1 atom stereocenters. The molecule has 1 amide bonds. The number of nitrogens with zero attached hydrogens (tertiary/aromatic N) is 1. The minimum Gasteiger partial charge on any atom is -0.508 e. The van der Waals surface area contributed by atoms with E-state index in [1.54, 1.807) is 12.1 Å². The molecule has 4 heteroatoms. The lowest BCUT2D eigenvalue weighted by molar-refractivity contribution is -0.119. The highest BCUT2D eigenvalue weighted by Gasteiger charge is 2.27. The van der Waals surface area contributed by atoms with Crippen LogP contribution in [0.3, 0.4) is 0 Å². The molecule has 126 valence electrons. The number of aromatic hydroxyl groups is 1. The third-order valence-corrected chi connectivity index (χ3v) is 4.80. The van der Waals surface area contributed by atoms with Crippen LogP contribution < -0.4 is 10.6 Å². The highest BCUT2D eigenvalue weighted by molar-refractivity contribution is 5.98. The van der Waals surface area contributed by atoms with Gasteiger partial charge in [-0.2, -0.15) is 0 Å². The van der Waals surface area contributed by atoms with E-state index in [9.17, 15) is 9.90 Å². The van der Waals surface area contributed by atoms with Gasteiger partial charge < -0.3 is 15.7 Å². The van der Waals surface area contributed by atoms with Gasteiger partial charge in [-0.15, -0.1) is 0 Å². The first-order valence-electron chi connectivity index (χ1n) is 8.41. The molecule has 0 spiro atoms. The molecule has 3 N–H and O–H groups in total. The number of hydrogen-bond acceptors (Lipinski definition) is 3. The summed E-state index contributed by atoms with van der Waals surface area (Å²) in [6.45, 7) is 4.60. The zero-order valence-corrected chi connectivity index (χ0v) is 14.2. The molecule has 0 fully saturated rings. The Labute approximate surface area is 142 Å². The number of nitrogens with two attached hydrogens (primary N) is 1. The molecule has 0 saturated carbocycles. The third kappa shape index (κ3) is 3.15. The fraction of sp³-hybridized carbons (Fsp3) is 0.350. The Morgan fingerprint density at radius 1 is 1.25 bits per heavy atom. The summed E-state index contributed by atoms with van der Waals surface area (Å²) in [5, 5.41) is 9.67. The van der Waals surface area contributed by atoms with Gasteiger partial charge in [-0.05, 0) is 73.6 Å². The Morgan fingerprint density at radius 2 is 1.92 bits per heavy atom. The van der Waals surface area contributed by atoms with E-state index in [4.69, 9.17) is 5.73 Å². The molecule has 2 aromatic carbocycles. The molecular formula is C20H24N2O2. The zero-order chi connectivity index (χ0) is 17.3. The molecular weight excluding hydrogens is 300 g/mol. The van der Waals surface area contributed by atoms with Crippen molar-refractivity contribution in [3.8, 4) is 5.75 Å². The predicted octanol–water partition coefficient (Wildman–Crippen LogP) is 2.86. The molecule has 3 rings (SSSR count). The monoisotopic (exact) mass is 324 g/mol. The van der Waals surface area contributed by atoms with Crippen LogP contribution in [0.25, 0.3) is 0 Å². The van der Waals surface area contributed by atoms with Gasteiger partial charge in [-0.1, -0.05) is 18.2 Å². The average Bonchev–Trinajstić information content (AvgIpc) is 2.56. The van der Waals surface area contributed by atoms with Gasteiger partial charge in [-0.3, -0.25) is 4.79 Å². The van der Waals surface area contributed by atoms with E-state index >= 15 is 0 Å². The summed E-state index contributed by atoms with van der Waals surface area (Å²) in [7, 11) is 0. The van der Waals surface area contributed by atoms with E-state index in [2.05, 4.69) is 6.07 Å². The van der Waals surface area contributed by atoms with Gasteiger partial charge in [0.25, 0.3) is 0 Å². The van der Waals surface area contributed by atoms with Crippen molar-refractivity contribution in [2.45, 2.75) is 39.2 Å². The number of rotatable bonds is 3. The van der Waals surface area contributed by atoms with E-state index in [1.165, 1.54) is 5.56 Å². The number of phenolic OH excluding ortho intramolecular Hbond substituents is 1. The number of phenols is 1. The van der Waals surface area contributed by atoms with Gasteiger partial charge in [0.15, 0.2) is 0 Å². The topological polar surface area (TPSA) is 66.6 Å². The molecule has 1 heterocycles. The summed E-state index contributed by atoms with van der Waals surface area (Å²) in [6.07, 6.45) is 2.45. The first-order chi connectivity index (χ1) is 11.5. The van der Waals surface area contributed by atoms with Crippen molar-refractivity contribution in [1.82, 2.24) is 0 Å². The van der Waals surface area contributed by atoms with E-state index in [0.717, 1.165) is 41.8 Å². The Bertz CT molecular complexity index is 747. The highest BCUT2D eigenvalue weighted by atomic mass is 16.3. The minimum absolute atomic E-state index is 0.0333. The van der Waals surface area contributed by atoms with Gasteiger partial charge in [0.05, 0.1) is 6.04 Å². The SMILES string of the molecule is Cc1cc(O)cc(C)c1C[C@H](N)C(=O)N1CCCc2ccccc21. The molecule has 0 saturated heterocycles. The van der Waals surface area contributed by atoms with Crippen LogP contribution in [-0.2, 0) is 17.6 Å². The van der Waals surface area contributed by atoms with E-state index < -0.39 is 6.04 Å². The van der Waals surface area contributed by atoms with Crippen LogP contribution >= 0.6 is 0 Å². The molecule has 1 aliphatic rings. The molecule has 0 bridgehead atoms. The average molecular weight is 324 g/mol. The lowest BCUT2D eigenvalue weighted by Crippen LogP contribution is -2.47. The number of amides is 1. The second kappa shape index (κ2) is 6.65. The summed E-state index contributed by atoms with van der Waals surface area (Å²) in [5.74, 6) is 0.215. The normalized spacial score (nSPS) is 15.0. The first kappa shape index (κ1) is 16.5. The Balaban J connectivity index is 1.82. The van der Waals surface area contributed by atoms with E-state index in [0.29, 0.717) is 6.42 Å². The minimum atomic E-state index is -0.585. The van der Waals surface area contributed by atoms with Crippen molar-refractivity contribution >= 4 is 11.6 Å². The maximum Gasteiger partial charge on any atom is 0.244 e. The lowest BCUT2D eigenvalue weighted by Gasteiger charge is -2.31. The fourth-order valence-electron chi connectivity index (χ4n) is 3.56.